The van der Waals surface area contributed by atoms with Gasteiger partial charge in [0.1, 0.15) is 6.54 Å². The Kier molecular flexibility index (Phi) is 10.1. The van der Waals surface area contributed by atoms with Gasteiger partial charge in [0, 0.05) is 6.54 Å². The highest BCUT2D eigenvalue weighted by Gasteiger charge is 2.24. The molecule has 0 aromatic heterocycles. The number of nitrogens with two attached hydrogens (primary N) is 1. The van der Waals surface area contributed by atoms with Crippen LogP contribution < -0.4 is 5.73 Å². The van der Waals surface area contributed by atoms with Gasteiger partial charge < -0.3 is 15.4 Å². The molecule has 1 amide bonds. The Labute approximate surface area is 122 Å². The molecule has 5 heteroatoms. The molecule has 0 saturated heterocycles. The summed E-state index contributed by atoms with van der Waals surface area (Å²) in [6, 6.07) is -0.519. The third kappa shape index (κ3) is 6.89. The van der Waals surface area contributed by atoms with Gasteiger partial charge in [-0.05, 0) is 12.3 Å². The van der Waals surface area contributed by atoms with E-state index in [0.717, 1.165) is 25.7 Å². The molecular formula is C15H30N2O3. The van der Waals surface area contributed by atoms with E-state index < -0.39 is 12.0 Å². The van der Waals surface area contributed by atoms with Crippen molar-refractivity contribution >= 4 is 11.9 Å². The van der Waals surface area contributed by atoms with Gasteiger partial charge in [-0.1, -0.05) is 46.5 Å². The SMILES string of the molecule is CCCCC(N)C(=O)N(CC(=O)OC)CC(CC)CC. The van der Waals surface area contributed by atoms with Crippen molar-refractivity contribution in [2.24, 2.45) is 11.7 Å². The number of hydrogen-bond donors (Lipinski definition) is 1. The van der Waals surface area contributed by atoms with Crippen LogP contribution in [0.2, 0.25) is 0 Å². The van der Waals surface area contributed by atoms with Gasteiger partial charge in [0.25, 0.3) is 0 Å². The first-order valence-electron chi connectivity index (χ1n) is 7.61. The molecule has 2 N–H and O–H groups in total. The van der Waals surface area contributed by atoms with Crippen LogP contribution in [0.15, 0.2) is 0 Å². The Morgan fingerprint density at radius 2 is 1.80 bits per heavy atom. The van der Waals surface area contributed by atoms with Crippen LogP contribution in [0.3, 0.4) is 0 Å². The minimum atomic E-state index is -0.519. The zero-order valence-electron chi connectivity index (χ0n) is 13.4. The molecule has 5 nitrogen and oxygen atoms in total. The zero-order valence-corrected chi connectivity index (χ0v) is 13.4. The first-order valence-corrected chi connectivity index (χ1v) is 7.61. The summed E-state index contributed by atoms with van der Waals surface area (Å²) in [4.78, 5) is 25.4. The molecule has 0 rings (SSSR count). The standard InChI is InChI=1S/C15H30N2O3/c1-5-8-9-13(16)15(19)17(11-14(18)20-4)10-12(6-2)7-3/h12-13H,5-11,16H2,1-4H3. The molecule has 0 aromatic rings. The second-order valence-electron chi connectivity index (χ2n) is 5.23. The maximum absolute atomic E-state index is 12.4. The van der Waals surface area contributed by atoms with Gasteiger partial charge >= 0.3 is 5.97 Å². The Morgan fingerprint density at radius 1 is 1.20 bits per heavy atom. The molecule has 0 radical (unpaired) electrons. The quantitative estimate of drug-likeness (QED) is 0.623. The number of rotatable bonds is 10. The average Bonchev–Trinajstić information content (AvgIpc) is 2.47. The van der Waals surface area contributed by atoms with Crippen LogP contribution in [-0.4, -0.2) is 43.0 Å². The van der Waals surface area contributed by atoms with Crippen molar-refractivity contribution in [1.29, 1.82) is 0 Å². The molecule has 0 bridgehead atoms. The zero-order chi connectivity index (χ0) is 15.5. The fraction of sp³-hybridized carbons (Fsp3) is 0.867. The molecule has 0 aromatic carbocycles. The summed E-state index contributed by atoms with van der Waals surface area (Å²) in [7, 11) is 1.33. The summed E-state index contributed by atoms with van der Waals surface area (Å²) < 4.78 is 4.67. The minimum Gasteiger partial charge on any atom is -0.468 e. The van der Waals surface area contributed by atoms with Crippen LogP contribution in [0.4, 0.5) is 0 Å². The van der Waals surface area contributed by atoms with E-state index in [1.165, 1.54) is 7.11 Å². The van der Waals surface area contributed by atoms with Gasteiger partial charge in [0.15, 0.2) is 0 Å². The first kappa shape index (κ1) is 18.9. The van der Waals surface area contributed by atoms with E-state index in [9.17, 15) is 9.59 Å². The summed E-state index contributed by atoms with van der Waals surface area (Å²) in [5.41, 5.74) is 5.94. The molecule has 1 atom stereocenters. The average molecular weight is 286 g/mol. The molecule has 0 aliphatic heterocycles. The van der Waals surface area contributed by atoms with Gasteiger partial charge in [-0.15, -0.1) is 0 Å². The number of esters is 1. The largest absolute Gasteiger partial charge is 0.468 e. The number of ether oxygens (including phenoxy) is 1. The highest BCUT2D eigenvalue weighted by molar-refractivity contribution is 5.85. The highest BCUT2D eigenvalue weighted by atomic mass is 16.5. The third-order valence-corrected chi connectivity index (χ3v) is 3.68. The number of carbonyl (C=O) groups excluding carboxylic acids is 2. The van der Waals surface area contributed by atoms with Crippen molar-refractivity contribution in [3.63, 3.8) is 0 Å². The molecule has 0 fully saturated rings. The number of methoxy groups -OCH3 is 1. The van der Waals surface area contributed by atoms with Gasteiger partial charge in [0.2, 0.25) is 5.91 Å². The smallest absolute Gasteiger partial charge is 0.325 e. The fourth-order valence-corrected chi connectivity index (χ4v) is 2.09. The van der Waals surface area contributed by atoms with E-state index in [1.54, 1.807) is 4.90 Å². The van der Waals surface area contributed by atoms with Gasteiger partial charge in [-0.3, -0.25) is 9.59 Å². The van der Waals surface area contributed by atoms with Crippen LogP contribution >= 0.6 is 0 Å². The normalized spacial score (nSPS) is 12.3. The van der Waals surface area contributed by atoms with Gasteiger partial charge in [-0.2, -0.15) is 0 Å². The molecule has 1 unspecified atom stereocenters. The van der Waals surface area contributed by atoms with Crippen molar-refractivity contribution in [1.82, 2.24) is 4.90 Å². The number of nitrogens with zero attached hydrogens (tertiary/aromatic N) is 1. The van der Waals surface area contributed by atoms with E-state index >= 15 is 0 Å². The van der Waals surface area contributed by atoms with Crippen LogP contribution in [0.25, 0.3) is 0 Å². The number of unbranched alkanes of at least 4 members (excludes halogenated alkanes) is 1. The number of carbonyl (C=O) groups is 2. The molecule has 118 valence electrons. The lowest BCUT2D eigenvalue weighted by molar-refractivity contribution is -0.148. The van der Waals surface area contributed by atoms with E-state index in [4.69, 9.17) is 5.73 Å². The van der Waals surface area contributed by atoms with Crippen LogP contribution in [0.5, 0.6) is 0 Å². The minimum absolute atomic E-state index is 0.00828. The molecule has 0 aliphatic rings. The topological polar surface area (TPSA) is 72.6 Å². The summed E-state index contributed by atoms with van der Waals surface area (Å²) in [5, 5.41) is 0. The van der Waals surface area contributed by atoms with E-state index in [1.807, 2.05) is 0 Å². The summed E-state index contributed by atoms with van der Waals surface area (Å²) >= 11 is 0. The Bertz CT molecular complexity index is 291. The molecule has 0 saturated carbocycles. The molecular weight excluding hydrogens is 256 g/mol. The highest BCUT2D eigenvalue weighted by Crippen LogP contribution is 2.12. The van der Waals surface area contributed by atoms with Crippen LogP contribution in [0.1, 0.15) is 52.9 Å². The van der Waals surface area contributed by atoms with Gasteiger partial charge in [-0.25, -0.2) is 0 Å². The Balaban J connectivity index is 4.72. The maximum atomic E-state index is 12.4. The predicted octanol–water partition coefficient (Wildman–Crippen LogP) is 1.94. The first-order chi connectivity index (χ1) is 9.49. The molecule has 0 heterocycles. The van der Waals surface area contributed by atoms with E-state index in [0.29, 0.717) is 18.9 Å². The Morgan fingerprint density at radius 3 is 2.25 bits per heavy atom. The van der Waals surface area contributed by atoms with Crippen molar-refractivity contribution in [3.05, 3.63) is 0 Å². The molecule has 20 heavy (non-hydrogen) atoms. The van der Waals surface area contributed by atoms with Crippen molar-refractivity contribution < 1.29 is 14.3 Å². The maximum Gasteiger partial charge on any atom is 0.325 e. The lowest BCUT2D eigenvalue weighted by Gasteiger charge is -2.28. The van der Waals surface area contributed by atoms with E-state index in [2.05, 4.69) is 25.5 Å². The lowest BCUT2D eigenvalue weighted by atomic mass is 10.0. The lowest BCUT2D eigenvalue weighted by Crippen LogP contribution is -2.47. The predicted molar refractivity (Wildman–Crippen MR) is 80.2 cm³/mol. The van der Waals surface area contributed by atoms with Crippen molar-refractivity contribution in [2.45, 2.75) is 58.9 Å². The second kappa shape index (κ2) is 10.7. The molecule has 0 spiro atoms. The summed E-state index contributed by atoms with van der Waals surface area (Å²) in [6.45, 7) is 6.80. The number of hydrogen-bond acceptors (Lipinski definition) is 4. The van der Waals surface area contributed by atoms with E-state index in [-0.39, 0.29) is 12.5 Å². The Hall–Kier alpha value is -1.10. The monoisotopic (exact) mass is 286 g/mol. The molecule has 0 aliphatic carbocycles. The van der Waals surface area contributed by atoms with Gasteiger partial charge in [0.05, 0.1) is 13.2 Å². The van der Waals surface area contributed by atoms with Crippen molar-refractivity contribution in [3.8, 4) is 0 Å². The summed E-state index contributed by atoms with van der Waals surface area (Å²) in [5.74, 6) is -0.148. The second-order valence-corrected chi connectivity index (χ2v) is 5.23. The van der Waals surface area contributed by atoms with Crippen molar-refractivity contribution in [2.75, 3.05) is 20.2 Å². The fourth-order valence-electron chi connectivity index (χ4n) is 2.09. The van der Waals surface area contributed by atoms with Crippen LogP contribution in [-0.2, 0) is 14.3 Å². The summed E-state index contributed by atoms with van der Waals surface area (Å²) in [6.07, 6.45) is 4.54. The third-order valence-electron chi connectivity index (χ3n) is 3.68. The number of amides is 1. The van der Waals surface area contributed by atoms with Crippen LogP contribution in [0, 0.1) is 5.92 Å².